The lowest BCUT2D eigenvalue weighted by Gasteiger charge is -2.07. The van der Waals surface area contributed by atoms with Crippen LogP contribution in [0.5, 0.6) is 0 Å². The van der Waals surface area contributed by atoms with E-state index >= 15 is 0 Å². The van der Waals surface area contributed by atoms with Gasteiger partial charge in [0.05, 0.1) is 11.0 Å². The van der Waals surface area contributed by atoms with Gasteiger partial charge in [0, 0.05) is 22.1 Å². The van der Waals surface area contributed by atoms with E-state index in [9.17, 15) is 0 Å². The number of fused-ring (bicyclic) bond motifs is 3. The van der Waals surface area contributed by atoms with Crippen LogP contribution < -0.4 is 5.73 Å². The summed E-state index contributed by atoms with van der Waals surface area (Å²) in [6.07, 6.45) is 0. The minimum Gasteiger partial charge on any atom is -0.399 e. The van der Waals surface area contributed by atoms with Gasteiger partial charge in [0.25, 0.3) is 0 Å². The number of rotatable bonds is 1. The smallest absolute Gasteiger partial charge is 0.0542 e. The number of benzene rings is 3. The normalized spacial score (nSPS) is 10.5. The molecule has 0 unspecified atom stereocenters. The highest BCUT2D eigenvalue weighted by molar-refractivity contribution is 6.10. The summed E-state index contributed by atoms with van der Waals surface area (Å²) in [7, 11) is 0. The summed E-state index contributed by atoms with van der Waals surface area (Å²) in [5.41, 5.74) is 10.3. The monoisotopic (exact) mass is 288 g/mol. The highest BCUT2D eigenvalue weighted by Crippen LogP contribution is 2.32. The minimum atomic E-state index is 0.800. The molecule has 110 valence electrons. The van der Waals surface area contributed by atoms with Crippen molar-refractivity contribution in [3.05, 3.63) is 72.8 Å². The molecule has 2 nitrogen and oxygen atoms in total. The van der Waals surface area contributed by atoms with Crippen molar-refractivity contribution in [3.63, 3.8) is 0 Å². The molecule has 3 aromatic carbocycles. The Kier molecular flexibility index (Phi) is 3.84. The molecule has 4 aromatic rings. The lowest BCUT2D eigenvalue weighted by atomic mass is 10.1. The molecule has 22 heavy (non-hydrogen) atoms. The van der Waals surface area contributed by atoms with Crippen molar-refractivity contribution in [2.75, 3.05) is 5.73 Å². The first kappa shape index (κ1) is 14.2. The number of hydrogen-bond donors (Lipinski definition) is 1. The van der Waals surface area contributed by atoms with Crippen molar-refractivity contribution >= 4 is 27.5 Å². The summed E-state index contributed by atoms with van der Waals surface area (Å²) in [5.74, 6) is 0. The van der Waals surface area contributed by atoms with Crippen molar-refractivity contribution < 1.29 is 0 Å². The van der Waals surface area contributed by atoms with Crippen molar-refractivity contribution in [1.82, 2.24) is 4.57 Å². The zero-order valence-corrected chi connectivity index (χ0v) is 13.0. The maximum atomic E-state index is 5.95. The Bertz CT molecular complexity index is 905. The fourth-order valence-corrected chi connectivity index (χ4v) is 2.85. The third-order valence-corrected chi connectivity index (χ3v) is 3.71. The fraction of sp³-hybridized carbons (Fsp3) is 0.100. The van der Waals surface area contributed by atoms with Crippen LogP contribution in [-0.4, -0.2) is 4.57 Å². The maximum Gasteiger partial charge on any atom is 0.0542 e. The molecule has 0 bridgehead atoms. The van der Waals surface area contributed by atoms with E-state index in [1.54, 1.807) is 0 Å². The van der Waals surface area contributed by atoms with Crippen LogP contribution in [0, 0.1) is 0 Å². The first-order chi connectivity index (χ1) is 10.8. The van der Waals surface area contributed by atoms with E-state index in [-0.39, 0.29) is 0 Å². The van der Waals surface area contributed by atoms with Crippen molar-refractivity contribution in [2.45, 2.75) is 13.8 Å². The molecule has 0 spiro atoms. The number of anilines is 1. The van der Waals surface area contributed by atoms with E-state index in [0.717, 1.165) is 5.69 Å². The Morgan fingerprint density at radius 3 is 2.09 bits per heavy atom. The van der Waals surface area contributed by atoms with Gasteiger partial charge in [-0.1, -0.05) is 50.2 Å². The zero-order valence-electron chi connectivity index (χ0n) is 13.0. The molecule has 0 aliphatic heterocycles. The number of aromatic nitrogens is 1. The maximum absolute atomic E-state index is 5.95. The highest BCUT2D eigenvalue weighted by atomic mass is 15.0. The number of nitrogen functional groups attached to an aromatic ring is 1. The van der Waals surface area contributed by atoms with Crippen molar-refractivity contribution in [2.24, 2.45) is 0 Å². The van der Waals surface area contributed by atoms with Gasteiger partial charge < -0.3 is 10.3 Å². The predicted molar refractivity (Wildman–Crippen MR) is 96.5 cm³/mol. The standard InChI is InChI=1S/C18H14N2.C2H6/c19-13-10-11-18-16(12-13)15-8-4-5-9-17(15)20(18)14-6-2-1-3-7-14;1-2/h1-12H,19H2;1-2H3. The van der Waals surface area contributed by atoms with Gasteiger partial charge in [-0.15, -0.1) is 0 Å². The molecule has 4 rings (SSSR count). The molecule has 2 N–H and O–H groups in total. The topological polar surface area (TPSA) is 30.9 Å². The van der Waals surface area contributed by atoms with Crippen molar-refractivity contribution in [3.8, 4) is 5.69 Å². The van der Waals surface area contributed by atoms with Gasteiger partial charge in [0.1, 0.15) is 0 Å². The van der Waals surface area contributed by atoms with Crippen molar-refractivity contribution in [1.29, 1.82) is 0 Å². The van der Waals surface area contributed by atoms with E-state index < -0.39 is 0 Å². The second-order valence-corrected chi connectivity index (χ2v) is 4.96. The molecular formula is C20H20N2. The fourth-order valence-electron chi connectivity index (χ4n) is 2.85. The van der Waals surface area contributed by atoms with Crippen LogP contribution in [0.2, 0.25) is 0 Å². The van der Waals surface area contributed by atoms with E-state index in [1.807, 2.05) is 26.0 Å². The Morgan fingerprint density at radius 2 is 1.32 bits per heavy atom. The van der Waals surface area contributed by atoms with E-state index in [4.69, 9.17) is 5.73 Å². The Labute approximate surface area is 130 Å². The molecule has 1 heterocycles. The van der Waals surface area contributed by atoms with E-state index in [0.29, 0.717) is 0 Å². The summed E-state index contributed by atoms with van der Waals surface area (Å²) in [6.45, 7) is 4.00. The molecule has 1 aromatic heterocycles. The molecule has 0 saturated carbocycles. The van der Waals surface area contributed by atoms with E-state index in [2.05, 4.69) is 65.2 Å². The van der Waals surface area contributed by atoms with Crippen LogP contribution in [0.25, 0.3) is 27.5 Å². The molecule has 0 aliphatic carbocycles. The van der Waals surface area contributed by atoms with Gasteiger partial charge in [-0.2, -0.15) is 0 Å². The largest absolute Gasteiger partial charge is 0.399 e. The lowest BCUT2D eigenvalue weighted by molar-refractivity contribution is 1.18. The molecule has 0 fully saturated rings. The molecule has 0 atom stereocenters. The van der Waals surface area contributed by atoms with Crippen LogP contribution in [-0.2, 0) is 0 Å². The molecular weight excluding hydrogens is 268 g/mol. The van der Waals surface area contributed by atoms with Crippen LogP contribution in [0.3, 0.4) is 0 Å². The number of para-hydroxylation sites is 2. The third-order valence-electron chi connectivity index (χ3n) is 3.71. The van der Waals surface area contributed by atoms with Gasteiger partial charge >= 0.3 is 0 Å². The SMILES string of the molecule is CC.Nc1ccc2c(c1)c1ccccc1n2-c1ccccc1. The Hall–Kier alpha value is -2.74. The van der Waals surface area contributed by atoms with Gasteiger partial charge in [-0.25, -0.2) is 0 Å². The number of nitrogens with zero attached hydrogens (tertiary/aromatic N) is 1. The predicted octanol–water partition coefficient (Wildman–Crippen LogP) is 5.39. The molecule has 0 saturated heterocycles. The summed E-state index contributed by atoms with van der Waals surface area (Å²) in [4.78, 5) is 0. The third kappa shape index (κ3) is 2.23. The number of nitrogens with two attached hydrogens (primary N) is 1. The molecule has 0 amide bonds. The Morgan fingerprint density at radius 1 is 0.682 bits per heavy atom. The first-order valence-corrected chi connectivity index (χ1v) is 7.69. The van der Waals surface area contributed by atoms with Gasteiger partial charge in [-0.05, 0) is 36.4 Å². The summed E-state index contributed by atoms with van der Waals surface area (Å²) in [6, 6.07) is 25.0. The van der Waals surface area contributed by atoms with Crippen LogP contribution >= 0.6 is 0 Å². The summed E-state index contributed by atoms with van der Waals surface area (Å²) < 4.78 is 2.28. The average molecular weight is 288 g/mol. The zero-order chi connectivity index (χ0) is 15.5. The Balaban J connectivity index is 0.000000693. The molecule has 2 heteroatoms. The van der Waals surface area contributed by atoms with Crippen LogP contribution in [0.1, 0.15) is 13.8 Å². The highest BCUT2D eigenvalue weighted by Gasteiger charge is 2.11. The number of hydrogen-bond acceptors (Lipinski definition) is 1. The minimum absolute atomic E-state index is 0.800. The van der Waals surface area contributed by atoms with Gasteiger partial charge in [0.15, 0.2) is 0 Å². The van der Waals surface area contributed by atoms with Crippen LogP contribution in [0.4, 0.5) is 5.69 Å². The average Bonchev–Trinajstić information content (AvgIpc) is 2.91. The molecule has 0 radical (unpaired) electrons. The van der Waals surface area contributed by atoms with Crippen LogP contribution in [0.15, 0.2) is 72.8 Å². The second-order valence-electron chi connectivity index (χ2n) is 4.96. The second kappa shape index (κ2) is 5.94. The quantitative estimate of drug-likeness (QED) is 0.468. The summed E-state index contributed by atoms with van der Waals surface area (Å²) in [5, 5.41) is 2.43. The summed E-state index contributed by atoms with van der Waals surface area (Å²) >= 11 is 0. The first-order valence-electron chi connectivity index (χ1n) is 7.69. The molecule has 0 aliphatic rings. The van der Waals surface area contributed by atoms with Gasteiger partial charge in [0.2, 0.25) is 0 Å². The van der Waals surface area contributed by atoms with E-state index in [1.165, 1.54) is 27.5 Å². The lowest BCUT2D eigenvalue weighted by Crippen LogP contribution is -1.93. The van der Waals surface area contributed by atoms with Gasteiger partial charge in [-0.3, -0.25) is 0 Å².